The summed E-state index contributed by atoms with van der Waals surface area (Å²) in [6.07, 6.45) is 2.61. The summed E-state index contributed by atoms with van der Waals surface area (Å²) in [5.74, 6) is 2.06. The third-order valence-electron chi connectivity index (χ3n) is 3.83. The van der Waals surface area contributed by atoms with Crippen molar-refractivity contribution in [2.45, 2.75) is 44.7 Å². The summed E-state index contributed by atoms with van der Waals surface area (Å²) in [5.41, 5.74) is 1.20. The van der Waals surface area contributed by atoms with Crippen molar-refractivity contribution >= 4 is 15.9 Å². The second-order valence-corrected chi connectivity index (χ2v) is 6.02. The van der Waals surface area contributed by atoms with Gasteiger partial charge in [0.1, 0.15) is 16.0 Å². The number of rotatable bonds is 6. The summed E-state index contributed by atoms with van der Waals surface area (Å²) in [6.45, 7) is 4.47. The molecule has 0 spiro atoms. The van der Waals surface area contributed by atoms with Gasteiger partial charge in [0.2, 0.25) is 0 Å². The van der Waals surface area contributed by atoms with Crippen molar-refractivity contribution in [3.8, 4) is 11.5 Å². The molecule has 0 radical (unpaired) electrons. The fraction of sp³-hybridized carbons (Fsp3) is 0.600. The Hall–Kier alpha value is -0.740. The molecule has 1 aliphatic rings. The Morgan fingerprint density at radius 1 is 1.21 bits per heavy atom. The van der Waals surface area contributed by atoms with Gasteiger partial charge in [-0.3, -0.25) is 0 Å². The first kappa shape index (κ1) is 14.7. The van der Waals surface area contributed by atoms with E-state index in [-0.39, 0.29) is 0 Å². The van der Waals surface area contributed by atoms with Gasteiger partial charge in [-0.25, -0.2) is 0 Å². The summed E-state index contributed by atoms with van der Waals surface area (Å²) in [6, 6.07) is 5.23. The van der Waals surface area contributed by atoms with Gasteiger partial charge in [-0.05, 0) is 53.2 Å². The standard InChI is InChI=1S/C15H22BrNO2/c1-9(10(2)17-11-5-6-11)12-7-8-13(18-3)14(16)15(12)19-4/h7-11,17H,5-6H2,1-4H3. The predicted octanol–water partition coefficient (Wildman–Crippen LogP) is 3.71. The topological polar surface area (TPSA) is 30.5 Å². The van der Waals surface area contributed by atoms with Crippen molar-refractivity contribution in [2.24, 2.45) is 0 Å². The second kappa shape index (κ2) is 6.14. The van der Waals surface area contributed by atoms with Gasteiger partial charge in [0.15, 0.2) is 0 Å². The van der Waals surface area contributed by atoms with Crippen molar-refractivity contribution in [1.29, 1.82) is 0 Å². The predicted molar refractivity (Wildman–Crippen MR) is 81.3 cm³/mol. The van der Waals surface area contributed by atoms with Crippen LogP contribution in [-0.4, -0.2) is 26.3 Å². The molecule has 19 heavy (non-hydrogen) atoms. The van der Waals surface area contributed by atoms with Gasteiger partial charge in [-0.2, -0.15) is 0 Å². The van der Waals surface area contributed by atoms with Gasteiger partial charge < -0.3 is 14.8 Å². The minimum absolute atomic E-state index is 0.387. The Morgan fingerprint density at radius 2 is 1.89 bits per heavy atom. The van der Waals surface area contributed by atoms with Crippen LogP contribution in [0.3, 0.4) is 0 Å². The van der Waals surface area contributed by atoms with Crippen LogP contribution in [0.2, 0.25) is 0 Å². The second-order valence-electron chi connectivity index (χ2n) is 5.22. The molecule has 3 nitrogen and oxygen atoms in total. The Balaban J connectivity index is 2.24. The minimum atomic E-state index is 0.387. The van der Waals surface area contributed by atoms with E-state index in [0.717, 1.165) is 16.0 Å². The first-order valence-electron chi connectivity index (χ1n) is 6.74. The van der Waals surface area contributed by atoms with Crippen molar-refractivity contribution in [2.75, 3.05) is 14.2 Å². The number of halogens is 1. The molecule has 0 aromatic heterocycles. The molecule has 106 valence electrons. The van der Waals surface area contributed by atoms with E-state index >= 15 is 0 Å². The highest BCUT2D eigenvalue weighted by Crippen LogP contribution is 2.41. The first-order chi connectivity index (χ1) is 9.08. The molecule has 0 aliphatic heterocycles. The van der Waals surface area contributed by atoms with Gasteiger partial charge in [-0.15, -0.1) is 0 Å². The lowest BCUT2D eigenvalue weighted by molar-refractivity contribution is 0.378. The van der Waals surface area contributed by atoms with E-state index in [4.69, 9.17) is 9.47 Å². The molecule has 2 atom stereocenters. The number of benzene rings is 1. The molecule has 2 rings (SSSR count). The lowest BCUT2D eigenvalue weighted by Crippen LogP contribution is -2.32. The summed E-state index contributed by atoms with van der Waals surface area (Å²) >= 11 is 3.56. The van der Waals surface area contributed by atoms with E-state index in [1.165, 1.54) is 18.4 Å². The average molecular weight is 328 g/mol. The number of methoxy groups -OCH3 is 2. The molecule has 0 heterocycles. The summed E-state index contributed by atoms with van der Waals surface area (Å²) in [5, 5.41) is 3.65. The summed E-state index contributed by atoms with van der Waals surface area (Å²) in [4.78, 5) is 0. The maximum Gasteiger partial charge on any atom is 0.140 e. The van der Waals surface area contributed by atoms with Crippen molar-refractivity contribution < 1.29 is 9.47 Å². The van der Waals surface area contributed by atoms with Crippen molar-refractivity contribution in [1.82, 2.24) is 5.32 Å². The van der Waals surface area contributed by atoms with Crippen molar-refractivity contribution in [3.05, 3.63) is 22.2 Å². The first-order valence-corrected chi connectivity index (χ1v) is 7.54. The fourth-order valence-corrected chi connectivity index (χ4v) is 3.00. The third-order valence-corrected chi connectivity index (χ3v) is 4.58. The minimum Gasteiger partial charge on any atom is -0.495 e. The molecule has 1 fully saturated rings. The molecule has 1 aliphatic carbocycles. The molecule has 1 aromatic rings. The van der Waals surface area contributed by atoms with Gasteiger partial charge in [0.05, 0.1) is 14.2 Å². The normalized spacial score (nSPS) is 17.9. The van der Waals surface area contributed by atoms with Crippen LogP contribution in [0.5, 0.6) is 11.5 Å². The molecule has 1 saturated carbocycles. The molecular formula is C15H22BrNO2. The van der Waals surface area contributed by atoms with E-state index in [2.05, 4.69) is 41.2 Å². The van der Waals surface area contributed by atoms with E-state index < -0.39 is 0 Å². The quantitative estimate of drug-likeness (QED) is 0.863. The van der Waals surface area contributed by atoms with Crippen LogP contribution in [0.15, 0.2) is 16.6 Å². The smallest absolute Gasteiger partial charge is 0.140 e. The summed E-state index contributed by atoms with van der Waals surface area (Å²) < 4.78 is 11.8. The average Bonchev–Trinajstić information content (AvgIpc) is 3.21. The van der Waals surface area contributed by atoms with Gasteiger partial charge in [-0.1, -0.05) is 13.0 Å². The lowest BCUT2D eigenvalue weighted by Gasteiger charge is -2.24. The van der Waals surface area contributed by atoms with Crippen LogP contribution in [0.25, 0.3) is 0 Å². The lowest BCUT2D eigenvalue weighted by atomic mass is 9.93. The Morgan fingerprint density at radius 3 is 2.42 bits per heavy atom. The molecule has 1 N–H and O–H groups in total. The number of hydrogen-bond acceptors (Lipinski definition) is 3. The Bertz CT molecular complexity index is 446. The number of nitrogens with one attached hydrogen (secondary N) is 1. The molecule has 1 aromatic carbocycles. The number of hydrogen-bond donors (Lipinski definition) is 1. The highest BCUT2D eigenvalue weighted by Gasteiger charge is 2.27. The van der Waals surface area contributed by atoms with Crippen LogP contribution < -0.4 is 14.8 Å². The number of ether oxygens (including phenoxy) is 2. The van der Waals surface area contributed by atoms with E-state index in [1.807, 2.05) is 6.07 Å². The van der Waals surface area contributed by atoms with Crippen LogP contribution >= 0.6 is 15.9 Å². The molecule has 0 bridgehead atoms. The van der Waals surface area contributed by atoms with Crippen LogP contribution in [0, 0.1) is 0 Å². The highest BCUT2D eigenvalue weighted by molar-refractivity contribution is 9.10. The monoisotopic (exact) mass is 327 g/mol. The molecule has 2 unspecified atom stereocenters. The zero-order valence-electron chi connectivity index (χ0n) is 12.0. The van der Waals surface area contributed by atoms with Gasteiger partial charge in [0.25, 0.3) is 0 Å². The van der Waals surface area contributed by atoms with Crippen LogP contribution in [-0.2, 0) is 0 Å². The molecular weight excluding hydrogens is 306 g/mol. The maximum absolute atomic E-state index is 5.56. The maximum atomic E-state index is 5.56. The fourth-order valence-electron chi connectivity index (χ4n) is 2.31. The largest absolute Gasteiger partial charge is 0.495 e. The summed E-state index contributed by atoms with van der Waals surface area (Å²) in [7, 11) is 3.37. The third kappa shape index (κ3) is 3.23. The van der Waals surface area contributed by atoms with Gasteiger partial charge >= 0.3 is 0 Å². The molecule has 0 amide bonds. The van der Waals surface area contributed by atoms with E-state index in [0.29, 0.717) is 18.0 Å². The zero-order chi connectivity index (χ0) is 14.0. The van der Waals surface area contributed by atoms with E-state index in [9.17, 15) is 0 Å². The SMILES string of the molecule is COc1ccc(C(C)C(C)NC2CC2)c(OC)c1Br. The zero-order valence-corrected chi connectivity index (χ0v) is 13.6. The van der Waals surface area contributed by atoms with Crippen molar-refractivity contribution in [3.63, 3.8) is 0 Å². The van der Waals surface area contributed by atoms with Crippen LogP contribution in [0.1, 0.15) is 38.2 Å². The molecule has 4 heteroatoms. The van der Waals surface area contributed by atoms with E-state index in [1.54, 1.807) is 14.2 Å². The highest BCUT2D eigenvalue weighted by atomic mass is 79.9. The Labute approximate surface area is 123 Å². The molecule has 0 saturated heterocycles. The van der Waals surface area contributed by atoms with Crippen LogP contribution in [0.4, 0.5) is 0 Å². The Kier molecular flexibility index (Phi) is 4.74. The van der Waals surface area contributed by atoms with Gasteiger partial charge in [0, 0.05) is 12.1 Å².